The standard InChI is InChI=1S/C7H9O.C5H5.Fe/c1-6(8)7-4-2-3-5-7;1-2-4-5-3-1;/h2-6,8H,1H3;1-5H;/q2*-1;+2. The molecule has 0 aromatic heterocycles. The first kappa shape index (κ1) is 13.2. The number of hydrogen-bond donors (Lipinski definition) is 1. The van der Waals surface area contributed by atoms with E-state index in [0.29, 0.717) is 0 Å². The minimum atomic E-state index is -0.315. The topological polar surface area (TPSA) is 20.2 Å². The molecule has 0 bridgehead atoms. The maximum Gasteiger partial charge on any atom is 2.00 e. The quantitative estimate of drug-likeness (QED) is 0.589. The molecule has 0 aliphatic heterocycles. The smallest absolute Gasteiger partial charge is 0.401 e. The van der Waals surface area contributed by atoms with Gasteiger partial charge in [0.25, 0.3) is 0 Å². The van der Waals surface area contributed by atoms with Crippen molar-refractivity contribution < 1.29 is 22.2 Å². The molecule has 0 spiro atoms. The van der Waals surface area contributed by atoms with Crippen LogP contribution in [0.5, 0.6) is 0 Å². The van der Waals surface area contributed by atoms with Crippen molar-refractivity contribution in [3.63, 3.8) is 0 Å². The molecule has 0 saturated carbocycles. The fraction of sp³-hybridized carbons (Fsp3) is 0.167. The Morgan fingerprint density at radius 1 is 1.07 bits per heavy atom. The zero-order valence-corrected chi connectivity index (χ0v) is 9.18. The number of aliphatic hydroxyl groups excluding tert-OH is 1. The van der Waals surface area contributed by atoms with Gasteiger partial charge in [-0.15, -0.1) is 5.56 Å². The minimum Gasteiger partial charge on any atom is -0.401 e. The van der Waals surface area contributed by atoms with Crippen LogP contribution in [-0.4, -0.2) is 5.11 Å². The Morgan fingerprint density at radius 3 is 1.79 bits per heavy atom. The third kappa shape index (κ3) is 5.03. The Kier molecular flexibility index (Phi) is 7.13. The first-order valence-electron chi connectivity index (χ1n) is 4.37. The second-order valence-corrected chi connectivity index (χ2v) is 2.86. The van der Waals surface area contributed by atoms with Gasteiger partial charge in [0.05, 0.1) is 0 Å². The molecule has 2 rings (SSSR count). The molecule has 0 fully saturated rings. The van der Waals surface area contributed by atoms with Crippen LogP contribution in [0.15, 0.2) is 54.6 Å². The van der Waals surface area contributed by atoms with Crippen LogP contribution in [0.3, 0.4) is 0 Å². The van der Waals surface area contributed by atoms with Crippen molar-refractivity contribution in [3.05, 3.63) is 60.2 Å². The second-order valence-electron chi connectivity index (χ2n) is 2.86. The molecule has 1 N–H and O–H groups in total. The summed E-state index contributed by atoms with van der Waals surface area (Å²) in [4.78, 5) is 0. The Bertz CT molecular complexity index is 265. The Morgan fingerprint density at radius 2 is 1.57 bits per heavy atom. The van der Waals surface area contributed by atoms with Gasteiger partial charge < -0.3 is 5.11 Å². The largest absolute Gasteiger partial charge is 2.00 e. The van der Waals surface area contributed by atoms with Gasteiger partial charge >= 0.3 is 17.1 Å². The van der Waals surface area contributed by atoms with E-state index in [1.54, 1.807) is 6.92 Å². The predicted octanol–water partition coefficient (Wildman–Crippen LogP) is 2.86. The molecule has 0 amide bonds. The summed E-state index contributed by atoms with van der Waals surface area (Å²) in [7, 11) is 0. The van der Waals surface area contributed by atoms with Crippen LogP contribution in [0, 0.1) is 0 Å². The molecule has 2 aromatic carbocycles. The van der Waals surface area contributed by atoms with Gasteiger partial charge in [0.1, 0.15) is 0 Å². The summed E-state index contributed by atoms with van der Waals surface area (Å²) in [6, 6.07) is 17.7. The maximum atomic E-state index is 8.91. The van der Waals surface area contributed by atoms with Gasteiger partial charge in [0.2, 0.25) is 0 Å². The molecule has 1 unspecified atom stereocenters. The molecule has 0 radical (unpaired) electrons. The normalized spacial score (nSPS) is 10.7. The van der Waals surface area contributed by atoms with Crippen molar-refractivity contribution in [2.24, 2.45) is 0 Å². The Hall–Kier alpha value is -0.821. The summed E-state index contributed by atoms with van der Waals surface area (Å²) in [6.07, 6.45) is -0.315. The average molecular weight is 230 g/mol. The molecule has 0 aliphatic carbocycles. The van der Waals surface area contributed by atoms with Crippen molar-refractivity contribution >= 4 is 0 Å². The van der Waals surface area contributed by atoms with Crippen LogP contribution in [0.1, 0.15) is 18.6 Å². The minimum absolute atomic E-state index is 0. The van der Waals surface area contributed by atoms with Gasteiger partial charge in [-0.3, -0.25) is 0 Å². The summed E-state index contributed by atoms with van der Waals surface area (Å²) in [5, 5.41) is 8.91. The monoisotopic (exact) mass is 230 g/mol. The van der Waals surface area contributed by atoms with Gasteiger partial charge in [-0.05, 0) is 6.92 Å². The van der Waals surface area contributed by atoms with Gasteiger partial charge in [-0.25, -0.2) is 24.3 Å². The van der Waals surface area contributed by atoms with Crippen molar-refractivity contribution in [2.75, 3.05) is 0 Å². The molecule has 76 valence electrons. The van der Waals surface area contributed by atoms with Crippen molar-refractivity contribution in [2.45, 2.75) is 13.0 Å². The van der Waals surface area contributed by atoms with Gasteiger partial charge in [0, 0.05) is 6.10 Å². The molecule has 2 heteroatoms. The Labute approximate surface area is 95.6 Å². The Balaban J connectivity index is 0.000000246. The fourth-order valence-corrected chi connectivity index (χ4v) is 0.988. The van der Waals surface area contributed by atoms with Crippen LogP contribution >= 0.6 is 0 Å². The van der Waals surface area contributed by atoms with E-state index in [1.165, 1.54) is 0 Å². The van der Waals surface area contributed by atoms with E-state index in [-0.39, 0.29) is 23.2 Å². The van der Waals surface area contributed by atoms with E-state index in [4.69, 9.17) is 5.11 Å². The second kappa shape index (κ2) is 7.57. The van der Waals surface area contributed by atoms with E-state index in [0.717, 1.165) is 5.56 Å². The molecule has 14 heavy (non-hydrogen) atoms. The van der Waals surface area contributed by atoms with Crippen LogP contribution < -0.4 is 0 Å². The molecule has 1 nitrogen and oxygen atoms in total. The number of hydrogen-bond acceptors (Lipinski definition) is 1. The van der Waals surface area contributed by atoms with Crippen LogP contribution in [0.2, 0.25) is 0 Å². The fourth-order valence-electron chi connectivity index (χ4n) is 0.988. The molecular weight excluding hydrogens is 216 g/mol. The molecule has 0 heterocycles. The van der Waals surface area contributed by atoms with Crippen LogP contribution in [-0.2, 0) is 17.1 Å². The van der Waals surface area contributed by atoms with Crippen LogP contribution in [0.25, 0.3) is 0 Å². The SMILES string of the molecule is CC(O)[c-]1cccc1.[Fe+2].c1cc[cH-]c1. The molecule has 2 aromatic rings. The molecular formula is C12H14FeO. The van der Waals surface area contributed by atoms with Crippen molar-refractivity contribution in [3.8, 4) is 0 Å². The zero-order chi connectivity index (χ0) is 9.52. The molecule has 0 saturated heterocycles. The first-order valence-corrected chi connectivity index (χ1v) is 4.37. The number of rotatable bonds is 1. The molecule has 1 atom stereocenters. The number of aliphatic hydroxyl groups is 1. The van der Waals surface area contributed by atoms with E-state index in [9.17, 15) is 0 Å². The van der Waals surface area contributed by atoms with E-state index >= 15 is 0 Å². The molecule has 0 aliphatic rings. The summed E-state index contributed by atoms with van der Waals surface area (Å²) >= 11 is 0. The summed E-state index contributed by atoms with van der Waals surface area (Å²) < 4.78 is 0. The first-order chi connectivity index (χ1) is 6.30. The van der Waals surface area contributed by atoms with Gasteiger partial charge in [-0.1, -0.05) is 0 Å². The van der Waals surface area contributed by atoms with Gasteiger partial charge in [-0.2, -0.15) is 30.3 Å². The zero-order valence-electron chi connectivity index (χ0n) is 8.07. The maximum absolute atomic E-state index is 8.91. The summed E-state index contributed by atoms with van der Waals surface area (Å²) in [5.74, 6) is 0. The third-order valence-electron chi connectivity index (χ3n) is 1.73. The average Bonchev–Trinajstić information content (AvgIpc) is 2.82. The van der Waals surface area contributed by atoms with Crippen molar-refractivity contribution in [1.29, 1.82) is 0 Å². The third-order valence-corrected chi connectivity index (χ3v) is 1.73. The van der Waals surface area contributed by atoms with E-state index in [1.807, 2.05) is 54.6 Å². The van der Waals surface area contributed by atoms with Gasteiger partial charge in [0.15, 0.2) is 0 Å². The summed E-state index contributed by atoms with van der Waals surface area (Å²) in [5.41, 5.74) is 0.991. The predicted molar refractivity (Wildman–Crippen MR) is 54.7 cm³/mol. The van der Waals surface area contributed by atoms with Crippen LogP contribution in [0.4, 0.5) is 0 Å². The van der Waals surface area contributed by atoms with E-state index in [2.05, 4.69) is 0 Å². The summed E-state index contributed by atoms with van der Waals surface area (Å²) in [6.45, 7) is 1.76. The van der Waals surface area contributed by atoms with E-state index < -0.39 is 0 Å². The van der Waals surface area contributed by atoms with Crippen molar-refractivity contribution in [1.82, 2.24) is 0 Å².